The molecule has 2 rings (SSSR count). The third kappa shape index (κ3) is 3.61. The van der Waals surface area contributed by atoms with Crippen LogP contribution in [0.1, 0.15) is 5.56 Å². The Morgan fingerprint density at radius 3 is 2.20 bits per heavy atom. The molecule has 0 aliphatic carbocycles. The lowest BCUT2D eigenvalue weighted by atomic mass is 10.0. The van der Waals surface area contributed by atoms with Gasteiger partial charge in [0.25, 0.3) is 0 Å². The van der Waals surface area contributed by atoms with E-state index >= 15 is 0 Å². The molecule has 6 heteroatoms. The fourth-order valence-electron chi connectivity index (χ4n) is 1.65. The minimum Gasteiger partial charge on any atom is -0.350 e. The standard InChI is InChI=1S/C14H11F2N3O/c15-12-5-11(6-13(16)7-12)10-3-1-9(2-4-10)8-18-19-14(17)20/h1-8H,(H3,17,19,20). The molecule has 0 heterocycles. The minimum atomic E-state index is -0.756. The number of nitrogens with two attached hydrogens (primary N) is 1. The fraction of sp³-hybridized carbons (Fsp3) is 0. The molecule has 2 aromatic rings. The third-order valence-corrected chi connectivity index (χ3v) is 2.49. The van der Waals surface area contributed by atoms with Crippen LogP contribution in [-0.2, 0) is 0 Å². The molecule has 0 aromatic heterocycles. The predicted octanol–water partition coefficient (Wildman–Crippen LogP) is 2.63. The van der Waals surface area contributed by atoms with E-state index in [1.165, 1.54) is 18.3 Å². The molecule has 0 saturated heterocycles. The number of hydrogen-bond donors (Lipinski definition) is 2. The first-order valence-corrected chi connectivity index (χ1v) is 5.69. The van der Waals surface area contributed by atoms with Gasteiger partial charge in [-0.25, -0.2) is 19.0 Å². The Labute approximate surface area is 113 Å². The lowest BCUT2D eigenvalue weighted by Gasteiger charge is -2.03. The second-order valence-electron chi connectivity index (χ2n) is 4.01. The Balaban J connectivity index is 2.19. The average molecular weight is 275 g/mol. The summed E-state index contributed by atoms with van der Waals surface area (Å²) in [6.45, 7) is 0. The number of hydrogen-bond acceptors (Lipinski definition) is 2. The molecule has 20 heavy (non-hydrogen) atoms. The zero-order chi connectivity index (χ0) is 14.5. The van der Waals surface area contributed by atoms with Crippen LogP contribution in [-0.4, -0.2) is 12.2 Å². The van der Waals surface area contributed by atoms with E-state index in [0.29, 0.717) is 16.7 Å². The summed E-state index contributed by atoms with van der Waals surface area (Å²) in [5, 5.41) is 3.60. The van der Waals surface area contributed by atoms with Crippen molar-refractivity contribution in [3.05, 3.63) is 59.7 Å². The number of nitrogens with one attached hydrogen (secondary N) is 1. The Kier molecular flexibility index (Phi) is 4.05. The predicted molar refractivity (Wildman–Crippen MR) is 72.1 cm³/mol. The minimum absolute atomic E-state index is 0.446. The first-order chi connectivity index (χ1) is 9.54. The van der Waals surface area contributed by atoms with Crippen molar-refractivity contribution in [3.8, 4) is 11.1 Å². The van der Waals surface area contributed by atoms with Crippen LogP contribution in [0.5, 0.6) is 0 Å². The number of carbonyl (C=O) groups excluding carboxylic acids is 1. The number of nitrogens with zero attached hydrogens (tertiary/aromatic N) is 1. The van der Waals surface area contributed by atoms with Crippen molar-refractivity contribution in [2.24, 2.45) is 10.8 Å². The molecule has 0 bridgehead atoms. The van der Waals surface area contributed by atoms with Gasteiger partial charge >= 0.3 is 6.03 Å². The molecule has 0 atom stereocenters. The van der Waals surface area contributed by atoms with Crippen LogP contribution in [0.3, 0.4) is 0 Å². The molecule has 3 N–H and O–H groups in total. The van der Waals surface area contributed by atoms with Gasteiger partial charge in [-0.1, -0.05) is 24.3 Å². The van der Waals surface area contributed by atoms with Crippen molar-refractivity contribution in [1.82, 2.24) is 5.43 Å². The van der Waals surface area contributed by atoms with Gasteiger partial charge in [-0.15, -0.1) is 0 Å². The van der Waals surface area contributed by atoms with E-state index in [-0.39, 0.29) is 0 Å². The molecule has 0 unspecified atom stereocenters. The number of carbonyl (C=O) groups is 1. The summed E-state index contributed by atoms with van der Waals surface area (Å²) in [7, 11) is 0. The average Bonchev–Trinajstić information content (AvgIpc) is 2.38. The van der Waals surface area contributed by atoms with E-state index < -0.39 is 17.7 Å². The quantitative estimate of drug-likeness (QED) is 0.656. The second kappa shape index (κ2) is 5.92. The Bertz CT molecular complexity index is 634. The highest BCUT2D eigenvalue weighted by atomic mass is 19.1. The summed E-state index contributed by atoms with van der Waals surface area (Å²) in [4.78, 5) is 10.4. The highest BCUT2D eigenvalue weighted by Gasteiger charge is 2.03. The van der Waals surface area contributed by atoms with E-state index in [4.69, 9.17) is 5.73 Å². The van der Waals surface area contributed by atoms with Crippen molar-refractivity contribution in [1.29, 1.82) is 0 Å². The lowest BCUT2D eigenvalue weighted by Crippen LogP contribution is -2.24. The molecule has 2 amide bonds. The van der Waals surface area contributed by atoms with Crippen molar-refractivity contribution >= 4 is 12.2 Å². The molecular formula is C14H11F2N3O. The second-order valence-corrected chi connectivity index (χ2v) is 4.01. The van der Waals surface area contributed by atoms with Crippen molar-refractivity contribution in [2.45, 2.75) is 0 Å². The molecule has 0 saturated carbocycles. The highest BCUT2D eigenvalue weighted by Crippen LogP contribution is 2.21. The fourth-order valence-corrected chi connectivity index (χ4v) is 1.65. The number of benzene rings is 2. The number of halogens is 2. The Morgan fingerprint density at radius 1 is 1.05 bits per heavy atom. The molecule has 0 spiro atoms. The zero-order valence-electron chi connectivity index (χ0n) is 10.3. The summed E-state index contributed by atoms with van der Waals surface area (Å²) < 4.78 is 26.2. The summed E-state index contributed by atoms with van der Waals surface area (Å²) in [6.07, 6.45) is 1.40. The normalized spacial score (nSPS) is 10.7. The Morgan fingerprint density at radius 2 is 1.65 bits per heavy atom. The summed E-state index contributed by atoms with van der Waals surface area (Å²) in [5.74, 6) is -1.26. The van der Waals surface area contributed by atoms with Crippen LogP contribution in [0.15, 0.2) is 47.6 Å². The van der Waals surface area contributed by atoms with Crippen LogP contribution >= 0.6 is 0 Å². The van der Waals surface area contributed by atoms with Crippen LogP contribution in [0.4, 0.5) is 13.6 Å². The number of amides is 2. The molecule has 2 aromatic carbocycles. The first-order valence-electron chi connectivity index (χ1n) is 5.69. The molecule has 0 fully saturated rings. The van der Waals surface area contributed by atoms with Gasteiger partial charge in [0.2, 0.25) is 0 Å². The van der Waals surface area contributed by atoms with Gasteiger partial charge in [-0.05, 0) is 28.8 Å². The maximum absolute atomic E-state index is 13.1. The molecule has 0 aliphatic heterocycles. The van der Waals surface area contributed by atoms with E-state index in [1.807, 2.05) is 0 Å². The van der Waals surface area contributed by atoms with E-state index in [9.17, 15) is 13.6 Å². The smallest absolute Gasteiger partial charge is 0.332 e. The van der Waals surface area contributed by atoms with Crippen molar-refractivity contribution in [3.63, 3.8) is 0 Å². The van der Waals surface area contributed by atoms with E-state index in [0.717, 1.165) is 6.07 Å². The van der Waals surface area contributed by atoms with Crippen LogP contribution < -0.4 is 11.2 Å². The number of hydrazone groups is 1. The van der Waals surface area contributed by atoms with Gasteiger partial charge in [-0.2, -0.15) is 5.10 Å². The van der Waals surface area contributed by atoms with Gasteiger partial charge in [0, 0.05) is 6.07 Å². The highest BCUT2D eigenvalue weighted by molar-refractivity contribution is 5.82. The summed E-state index contributed by atoms with van der Waals surface area (Å²) >= 11 is 0. The van der Waals surface area contributed by atoms with Gasteiger partial charge in [0.15, 0.2) is 0 Å². The van der Waals surface area contributed by atoms with E-state index in [1.54, 1.807) is 24.3 Å². The largest absolute Gasteiger partial charge is 0.350 e. The van der Waals surface area contributed by atoms with Crippen molar-refractivity contribution in [2.75, 3.05) is 0 Å². The van der Waals surface area contributed by atoms with Gasteiger partial charge in [-0.3, -0.25) is 0 Å². The lowest BCUT2D eigenvalue weighted by molar-refractivity contribution is 0.249. The number of primary amides is 1. The van der Waals surface area contributed by atoms with E-state index in [2.05, 4.69) is 10.5 Å². The summed E-state index contributed by atoms with van der Waals surface area (Å²) in [5.41, 5.74) is 8.74. The topological polar surface area (TPSA) is 67.5 Å². The maximum Gasteiger partial charge on any atom is 0.332 e. The van der Waals surface area contributed by atoms with Crippen LogP contribution in [0.25, 0.3) is 11.1 Å². The molecule has 0 aliphatic rings. The van der Waals surface area contributed by atoms with Crippen LogP contribution in [0.2, 0.25) is 0 Å². The number of rotatable bonds is 3. The van der Waals surface area contributed by atoms with Crippen molar-refractivity contribution < 1.29 is 13.6 Å². The van der Waals surface area contributed by atoms with Gasteiger partial charge in [0.1, 0.15) is 11.6 Å². The molecular weight excluding hydrogens is 264 g/mol. The van der Waals surface area contributed by atoms with Gasteiger partial charge in [0.05, 0.1) is 6.21 Å². The monoisotopic (exact) mass is 275 g/mol. The molecule has 0 radical (unpaired) electrons. The first kappa shape index (κ1) is 13.7. The van der Waals surface area contributed by atoms with Crippen LogP contribution in [0, 0.1) is 11.6 Å². The van der Waals surface area contributed by atoms with Gasteiger partial charge < -0.3 is 5.73 Å². The maximum atomic E-state index is 13.1. The SMILES string of the molecule is NC(=O)NN=Cc1ccc(-c2cc(F)cc(F)c2)cc1. The zero-order valence-corrected chi connectivity index (χ0v) is 10.3. The summed E-state index contributed by atoms with van der Waals surface area (Å²) in [6, 6.07) is 9.35. The number of urea groups is 1. The Hall–Kier alpha value is -2.76. The molecule has 102 valence electrons. The third-order valence-electron chi connectivity index (χ3n) is 2.49. The molecule has 4 nitrogen and oxygen atoms in total.